The lowest BCUT2D eigenvalue weighted by atomic mass is 10.0. The third-order valence-electron chi connectivity index (χ3n) is 2.16. The van der Waals surface area contributed by atoms with E-state index in [2.05, 4.69) is 4.98 Å². The number of carbonyl (C=O) groups is 1. The van der Waals surface area contributed by atoms with Gasteiger partial charge in [0.05, 0.1) is 0 Å². The molecule has 0 fully saturated rings. The van der Waals surface area contributed by atoms with E-state index in [4.69, 9.17) is 5.73 Å². The summed E-state index contributed by atoms with van der Waals surface area (Å²) in [5.41, 5.74) is 5.13. The summed E-state index contributed by atoms with van der Waals surface area (Å²) in [7, 11) is -3.26. The van der Waals surface area contributed by atoms with Gasteiger partial charge in [0.25, 0.3) is 0 Å². The Morgan fingerprint density at radius 1 is 1.62 bits per heavy atom. The Labute approximate surface area is 98.6 Å². The van der Waals surface area contributed by atoms with Gasteiger partial charge in [-0.3, -0.25) is 4.79 Å². The van der Waals surface area contributed by atoms with E-state index in [0.717, 1.165) is 28.9 Å². The second kappa shape index (κ2) is 4.92. The molecule has 0 aliphatic rings. The molecule has 1 amide bonds. The Morgan fingerprint density at radius 2 is 2.25 bits per heavy atom. The van der Waals surface area contributed by atoms with Crippen molar-refractivity contribution in [3.63, 3.8) is 0 Å². The molecule has 0 saturated heterocycles. The second-order valence-electron chi connectivity index (χ2n) is 3.58. The Kier molecular flexibility index (Phi) is 4.03. The van der Waals surface area contributed by atoms with Gasteiger partial charge in [-0.1, -0.05) is 6.92 Å². The molecule has 0 bridgehead atoms. The van der Waals surface area contributed by atoms with E-state index in [0.29, 0.717) is 0 Å². The molecule has 0 aromatic carbocycles. The van der Waals surface area contributed by atoms with Gasteiger partial charge in [0, 0.05) is 29.7 Å². The number of thiazole rings is 1. The lowest BCUT2D eigenvalue weighted by molar-refractivity contribution is -0.118. The van der Waals surface area contributed by atoms with E-state index in [1.165, 1.54) is 6.20 Å². The first-order chi connectivity index (χ1) is 7.34. The Bertz CT molecular complexity index is 479. The molecule has 0 aliphatic heterocycles. The van der Waals surface area contributed by atoms with Crippen molar-refractivity contribution in [3.8, 4) is 0 Å². The topological polar surface area (TPSA) is 90.1 Å². The Hall–Kier alpha value is -0.950. The number of aromatic nitrogens is 1. The lowest BCUT2D eigenvalue weighted by Crippen LogP contribution is -2.14. The Morgan fingerprint density at radius 3 is 2.62 bits per heavy atom. The predicted octanol–water partition coefficient (Wildman–Crippen LogP) is 0.916. The Balaban J connectivity index is 2.95. The molecule has 0 aliphatic carbocycles. The van der Waals surface area contributed by atoms with Crippen LogP contribution in [0.2, 0.25) is 0 Å². The fraction of sp³-hybridized carbons (Fsp3) is 0.556. The van der Waals surface area contributed by atoms with Crippen molar-refractivity contribution in [1.29, 1.82) is 0 Å². The summed E-state index contributed by atoms with van der Waals surface area (Å²) in [5.74, 6) is -0.424. The van der Waals surface area contributed by atoms with Gasteiger partial charge in [0.15, 0.2) is 0 Å². The average Bonchev–Trinajstić information content (AvgIpc) is 2.61. The third kappa shape index (κ3) is 3.28. The summed E-state index contributed by atoms with van der Waals surface area (Å²) in [6.45, 7) is 1.92. The molecular weight excluding hydrogens is 248 g/mol. The first-order valence-corrected chi connectivity index (χ1v) is 7.49. The summed E-state index contributed by atoms with van der Waals surface area (Å²) in [6.07, 6.45) is 3.58. The van der Waals surface area contributed by atoms with E-state index >= 15 is 0 Å². The maximum atomic E-state index is 11.2. The third-order valence-corrected chi connectivity index (χ3v) is 5.01. The zero-order chi connectivity index (χ0) is 12.3. The summed E-state index contributed by atoms with van der Waals surface area (Å²) in [4.78, 5) is 15.5. The van der Waals surface area contributed by atoms with Crippen molar-refractivity contribution in [2.75, 3.05) is 6.26 Å². The van der Waals surface area contributed by atoms with Crippen molar-refractivity contribution in [1.82, 2.24) is 4.98 Å². The number of nitrogens with two attached hydrogens (primary N) is 1. The normalized spacial score (nSPS) is 13.6. The highest BCUT2D eigenvalue weighted by Crippen LogP contribution is 2.29. The van der Waals surface area contributed by atoms with Crippen LogP contribution >= 0.6 is 11.3 Å². The van der Waals surface area contributed by atoms with Crippen LogP contribution in [0, 0.1) is 0 Å². The van der Waals surface area contributed by atoms with Gasteiger partial charge in [0.2, 0.25) is 20.1 Å². The zero-order valence-corrected chi connectivity index (χ0v) is 10.8. The van der Waals surface area contributed by atoms with Crippen LogP contribution in [0.1, 0.15) is 30.6 Å². The van der Waals surface area contributed by atoms with Crippen LogP contribution in [0.15, 0.2) is 10.5 Å². The molecule has 1 rings (SSSR count). The fourth-order valence-corrected chi connectivity index (χ4v) is 3.29. The maximum Gasteiger partial charge on any atom is 0.218 e. The van der Waals surface area contributed by atoms with Gasteiger partial charge in [-0.05, 0) is 6.42 Å². The molecule has 1 heterocycles. The smallest absolute Gasteiger partial charge is 0.218 e. The van der Waals surface area contributed by atoms with Crippen LogP contribution in [0.3, 0.4) is 0 Å². The molecular formula is C9H14N2O3S2. The quantitative estimate of drug-likeness (QED) is 0.854. The average molecular weight is 262 g/mol. The lowest BCUT2D eigenvalue weighted by Gasteiger charge is -2.08. The molecule has 1 aromatic heterocycles. The second-order valence-corrected chi connectivity index (χ2v) is 6.83. The molecule has 1 atom stereocenters. The molecule has 1 unspecified atom stereocenters. The minimum atomic E-state index is -3.26. The number of hydrogen-bond acceptors (Lipinski definition) is 5. The number of rotatable bonds is 5. The standard InChI is InChI=1S/C9H14N2O3S2/c1-3-6(4-8(10)12)7-5-11-9(15-7)16(2,13)14/h5-6H,3-4H2,1-2H3,(H2,10,12). The van der Waals surface area contributed by atoms with Gasteiger partial charge >= 0.3 is 0 Å². The number of carbonyl (C=O) groups excluding carboxylic acids is 1. The zero-order valence-electron chi connectivity index (χ0n) is 9.13. The van der Waals surface area contributed by atoms with Gasteiger partial charge in [-0.25, -0.2) is 13.4 Å². The monoisotopic (exact) mass is 262 g/mol. The molecule has 90 valence electrons. The molecule has 5 nitrogen and oxygen atoms in total. The largest absolute Gasteiger partial charge is 0.370 e. The van der Waals surface area contributed by atoms with Crippen molar-refractivity contribution in [2.45, 2.75) is 30.0 Å². The molecule has 0 spiro atoms. The van der Waals surface area contributed by atoms with Gasteiger partial charge in [-0.2, -0.15) is 0 Å². The van der Waals surface area contributed by atoms with Gasteiger partial charge in [0.1, 0.15) is 0 Å². The summed E-state index contributed by atoms with van der Waals surface area (Å²) < 4.78 is 22.6. The number of hydrogen-bond donors (Lipinski definition) is 1. The first-order valence-electron chi connectivity index (χ1n) is 4.78. The molecule has 16 heavy (non-hydrogen) atoms. The van der Waals surface area contributed by atoms with Crippen molar-refractivity contribution >= 4 is 27.1 Å². The highest BCUT2D eigenvalue weighted by Gasteiger charge is 2.19. The van der Waals surface area contributed by atoms with Crippen LogP contribution in [-0.4, -0.2) is 25.6 Å². The number of nitrogens with zero attached hydrogens (tertiary/aromatic N) is 1. The number of amides is 1. The molecule has 2 N–H and O–H groups in total. The summed E-state index contributed by atoms with van der Waals surface area (Å²) in [6, 6.07) is 0. The van der Waals surface area contributed by atoms with Crippen LogP contribution in [-0.2, 0) is 14.6 Å². The van der Waals surface area contributed by atoms with Crippen molar-refractivity contribution in [2.24, 2.45) is 5.73 Å². The van der Waals surface area contributed by atoms with Gasteiger partial charge < -0.3 is 5.73 Å². The van der Waals surface area contributed by atoms with E-state index in [-0.39, 0.29) is 22.6 Å². The SMILES string of the molecule is CCC(CC(N)=O)c1cnc(S(C)(=O)=O)s1. The van der Waals surface area contributed by atoms with Crippen molar-refractivity contribution < 1.29 is 13.2 Å². The van der Waals surface area contributed by atoms with E-state index in [9.17, 15) is 13.2 Å². The minimum absolute atomic E-state index is 0.0366. The predicted molar refractivity (Wildman–Crippen MR) is 62.1 cm³/mol. The van der Waals surface area contributed by atoms with Crippen molar-refractivity contribution in [3.05, 3.63) is 11.1 Å². The van der Waals surface area contributed by atoms with E-state index in [1.807, 2.05) is 6.92 Å². The summed E-state index contributed by atoms with van der Waals surface area (Å²) >= 11 is 1.11. The summed E-state index contributed by atoms with van der Waals surface area (Å²) in [5, 5.41) is 0. The number of sulfone groups is 1. The minimum Gasteiger partial charge on any atom is -0.370 e. The fourth-order valence-electron chi connectivity index (χ4n) is 1.32. The van der Waals surface area contributed by atoms with Crippen LogP contribution in [0.5, 0.6) is 0 Å². The highest BCUT2D eigenvalue weighted by molar-refractivity contribution is 7.92. The molecule has 0 radical (unpaired) electrons. The van der Waals surface area contributed by atoms with Crippen LogP contribution < -0.4 is 5.73 Å². The molecule has 7 heteroatoms. The van der Waals surface area contributed by atoms with Crippen LogP contribution in [0.4, 0.5) is 0 Å². The highest BCUT2D eigenvalue weighted by atomic mass is 32.2. The molecule has 0 saturated carbocycles. The first kappa shape index (κ1) is 13.1. The number of primary amides is 1. The van der Waals surface area contributed by atoms with E-state index < -0.39 is 9.84 Å². The maximum absolute atomic E-state index is 11.2. The molecule has 1 aromatic rings. The van der Waals surface area contributed by atoms with Gasteiger partial charge in [-0.15, -0.1) is 11.3 Å². The van der Waals surface area contributed by atoms with Crippen LogP contribution in [0.25, 0.3) is 0 Å². The van der Waals surface area contributed by atoms with E-state index in [1.54, 1.807) is 0 Å².